The van der Waals surface area contributed by atoms with Crippen LogP contribution in [-0.2, 0) is 0 Å². The summed E-state index contributed by atoms with van der Waals surface area (Å²) in [6.45, 7) is 0. The number of nitrogens with zero attached hydrogens (tertiary/aromatic N) is 6. The molecule has 0 spiro atoms. The Morgan fingerprint density at radius 1 is 0.400 bits per heavy atom. The standard InChI is InChI=1S/C39H24N6/c1-3-10-27(11-4-1)37-40-38(30-18-15-25-9-7-8-12-28(25)23-30)42-39(41-37)31-19-21-33-29(24-31)17-16-26-20-22-34-36(35(26)33)44-45(43-34)32-13-5-2-6-14-32/h1-24H. The van der Waals surface area contributed by atoms with Crippen LogP contribution in [0.2, 0.25) is 0 Å². The van der Waals surface area contributed by atoms with Crippen LogP contribution in [0.3, 0.4) is 0 Å². The third-order valence-corrected chi connectivity index (χ3v) is 8.27. The summed E-state index contributed by atoms with van der Waals surface area (Å²) in [7, 11) is 0. The monoisotopic (exact) mass is 576 g/mol. The van der Waals surface area contributed by atoms with Gasteiger partial charge in [-0.25, -0.2) is 15.0 Å². The molecule has 9 rings (SSSR count). The van der Waals surface area contributed by atoms with Crippen molar-refractivity contribution in [2.24, 2.45) is 0 Å². The van der Waals surface area contributed by atoms with E-state index < -0.39 is 0 Å². The van der Waals surface area contributed by atoms with Gasteiger partial charge in [0.15, 0.2) is 17.5 Å². The van der Waals surface area contributed by atoms with Gasteiger partial charge in [0.05, 0.1) is 5.69 Å². The first kappa shape index (κ1) is 25.2. The number of aromatic nitrogens is 6. The molecule has 0 aliphatic heterocycles. The third kappa shape index (κ3) is 4.39. The Morgan fingerprint density at radius 2 is 0.978 bits per heavy atom. The van der Waals surface area contributed by atoms with Gasteiger partial charge in [0, 0.05) is 22.1 Å². The normalized spacial score (nSPS) is 11.6. The lowest BCUT2D eigenvalue weighted by molar-refractivity contribution is 0.766. The SMILES string of the molecule is c1ccc(-c2nc(-c3ccc4ccccc4c3)nc(-c3ccc4c(ccc5ccc6nn(-c7ccccc7)nc6c54)c3)n2)cc1. The molecule has 0 amide bonds. The van der Waals surface area contributed by atoms with E-state index >= 15 is 0 Å². The number of benzene rings is 7. The molecule has 6 nitrogen and oxygen atoms in total. The van der Waals surface area contributed by atoms with Crippen LogP contribution in [0.4, 0.5) is 0 Å². The number of hydrogen-bond donors (Lipinski definition) is 0. The van der Waals surface area contributed by atoms with E-state index in [4.69, 9.17) is 25.1 Å². The van der Waals surface area contributed by atoms with E-state index in [-0.39, 0.29) is 0 Å². The Labute approximate surface area is 258 Å². The van der Waals surface area contributed by atoms with Gasteiger partial charge in [-0.1, -0.05) is 115 Å². The summed E-state index contributed by atoms with van der Waals surface area (Å²) in [5.74, 6) is 1.91. The first-order chi connectivity index (χ1) is 22.3. The van der Waals surface area contributed by atoms with Gasteiger partial charge in [-0.05, 0) is 57.3 Å². The van der Waals surface area contributed by atoms with Gasteiger partial charge in [0.2, 0.25) is 0 Å². The number of para-hydroxylation sites is 1. The van der Waals surface area contributed by atoms with E-state index in [0.717, 1.165) is 60.3 Å². The highest BCUT2D eigenvalue weighted by atomic mass is 15.5. The van der Waals surface area contributed by atoms with E-state index in [0.29, 0.717) is 17.5 Å². The lowest BCUT2D eigenvalue weighted by atomic mass is 9.99. The lowest BCUT2D eigenvalue weighted by Crippen LogP contribution is -2.00. The van der Waals surface area contributed by atoms with Crippen molar-refractivity contribution in [3.05, 3.63) is 146 Å². The van der Waals surface area contributed by atoms with Gasteiger partial charge in [-0.3, -0.25) is 0 Å². The molecule has 9 aromatic rings. The number of hydrogen-bond acceptors (Lipinski definition) is 5. The Hall–Kier alpha value is -6.27. The highest BCUT2D eigenvalue weighted by Crippen LogP contribution is 2.34. The van der Waals surface area contributed by atoms with Crippen LogP contribution >= 0.6 is 0 Å². The van der Waals surface area contributed by atoms with Crippen LogP contribution in [0.1, 0.15) is 0 Å². The molecule has 0 bridgehead atoms. The molecule has 0 saturated carbocycles. The molecule has 0 atom stereocenters. The molecular weight excluding hydrogens is 552 g/mol. The van der Waals surface area contributed by atoms with E-state index in [1.165, 1.54) is 5.39 Å². The zero-order chi connectivity index (χ0) is 29.7. The second-order valence-corrected chi connectivity index (χ2v) is 11.1. The maximum Gasteiger partial charge on any atom is 0.164 e. The van der Waals surface area contributed by atoms with Crippen molar-refractivity contribution in [3.63, 3.8) is 0 Å². The van der Waals surface area contributed by atoms with E-state index in [2.05, 4.69) is 78.9 Å². The van der Waals surface area contributed by atoms with Gasteiger partial charge in [0.1, 0.15) is 11.0 Å². The van der Waals surface area contributed by atoms with E-state index in [1.807, 2.05) is 66.7 Å². The predicted molar refractivity (Wildman–Crippen MR) is 181 cm³/mol. The molecule has 0 aliphatic carbocycles. The second-order valence-electron chi connectivity index (χ2n) is 11.1. The number of rotatable bonds is 4. The molecule has 0 unspecified atom stereocenters. The molecule has 2 aromatic heterocycles. The van der Waals surface area contributed by atoms with Crippen molar-refractivity contribution in [2.45, 2.75) is 0 Å². The summed E-state index contributed by atoms with van der Waals surface area (Å²) in [6.07, 6.45) is 0. The van der Waals surface area contributed by atoms with Crippen LogP contribution in [0.5, 0.6) is 0 Å². The zero-order valence-corrected chi connectivity index (χ0v) is 24.0. The zero-order valence-electron chi connectivity index (χ0n) is 24.0. The van der Waals surface area contributed by atoms with Crippen molar-refractivity contribution in [1.82, 2.24) is 29.9 Å². The van der Waals surface area contributed by atoms with E-state index in [1.54, 1.807) is 4.80 Å². The quantitative estimate of drug-likeness (QED) is 0.196. The molecule has 6 heteroatoms. The maximum atomic E-state index is 5.01. The average molecular weight is 577 g/mol. The summed E-state index contributed by atoms with van der Waals surface area (Å²) in [6, 6.07) is 49.6. The number of fused-ring (bicyclic) bond motifs is 6. The summed E-state index contributed by atoms with van der Waals surface area (Å²) in [5.41, 5.74) is 5.47. The van der Waals surface area contributed by atoms with Gasteiger partial charge >= 0.3 is 0 Å². The van der Waals surface area contributed by atoms with Crippen LogP contribution in [0.15, 0.2) is 146 Å². The van der Waals surface area contributed by atoms with Gasteiger partial charge in [-0.15, -0.1) is 10.2 Å². The Balaban J connectivity index is 1.22. The summed E-state index contributed by atoms with van der Waals surface area (Å²) < 4.78 is 0. The molecular formula is C39H24N6. The topological polar surface area (TPSA) is 69.4 Å². The molecule has 7 aromatic carbocycles. The summed E-state index contributed by atoms with van der Waals surface area (Å²) in [4.78, 5) is 16.6. The van der Waals surface area contributed by atoms with Crippen molar-refractivity contribution < 1.29 is 0 Å². The maximum absolute atomic E-state index is 5.01. The Kier molecular flexibility index (Phi) is 5.71. The van der Waals surface area contributed by atoms with Crippen molar-refractivity contribution in [1.29, 1.82) is 0 Å². The predicted octanol–water partition coefficient (Wildman–Crippen LogP) is 9.07. The first-order valence-electron chi connectivity index (χ1n) is 14.9. The van der Waals surface area contributed by atoms with Crippen molar-refractivity contribution in [3.8, 4) is 39.9 Å². The van der Waals surface area contributed by atoms with Gasteiger partial charge < -0.3 is 0 Å². The summed E-state index contributed by atoms with van der Waals surface area (Å²) >= 11 is 0. The highest BCUT2D eigenvalue weighted by molar-refractivity contribution is 6.18. The fourth-order valence-corrected chi connectivity index (χ4v) is 6.02. The minimum absolute atomic E-state index is 0.627. The molecule has 0 fully saturated rings. The first-order valence-corrected chi connectivity index (χ1v) is 14.9. The van der Waals surface area contributed by atoms with Crippen molar-refractivity contribution in [2.75, 3.05) is 0 Å². The molecule has 2 heterocycles. The lowest BCUT2D eigenvalue weighted by Gasteiger charge is -2.10. The smallest absolute Gasteiger partial charge is 0.164 e. The molecule has 0 saturated heterocycles. The summed E-state index contributed by atoms with van der Waals surface area (Å²) in [5, 5.41) is 16.4. The molecule has 45 heavy (non-hydrogen) atoms. The van der Waals surface area contributed by atoms with Crippen LogP contribution < -0.4 is 0 Å². The Morgan fingerprint density at radius 3 is 1.76 bits per heavy atom. The molecule has 0 N–H and O–H groups in total. The fraction of sp³-hybridized carbons (Fsp3) is 0. The molecule has 0 radical (unpaired) electrons. The Bertz CT molecular complexity index is 2540. The minimum atomic E-state index is 0.627. The average Bonchev–Trinajstić information content (AvgIpc) is 3.56. The fourth-order valence-electron chi connectivity index (χ4n) is 6.02. The largest absolute Gasteiger partial charge is 0.208 e. The second kappa shape index (κ2) is 10.2. The van der Waals surface area contributed by atoms with Crippen LogP contribution in [0, 0.1) is 0 Å². The molecule has 0 aliphatic rings. The van der Waals surface area contributed by atoms with Crippen molar-refractivity contribution >= 4 is 43.4 Å². The van der Waals surface area contributed by atoms with Gasteiger partial charge in [-0.2, -0.15) is 4.80 Å². The van der Waals surface area contributed by atoms with Crippen LogP contribution in [0.25, 0.3) is 83.2 Å². The van der Waals surface area contributed by atoms with E-state index in [9.17, 15) is 0 Å². The highest BCUT2D eigenvalue weighted by Gasteiger charge is 2.15. The minimum Gasteiger partial charge on any atom is -0.208 e. The van der Waals surface area contributed by atoms with Gasteiger partial charge in [0.25, 0.3) is 0 Å². The van der Waals surface area contributed by atoms with Crippen LogP contribution in [-0.4, -0.2) is 29.9 Å². The third-order valence-electron chi connectivity index (χ3n) is 8.27. The molecule has 210 valence electrons.